The van der Waals surface area contributed by atoms with Gasteiger partial charge < -0.3 is 5.73 Å². The van der Waals surface area contributed by atoms with E-state index < -0.39 is 0 Å². The van der Waals surface area contributed by atoms with Crippen molar-refractivity contribution in [2.45, 2.75) is 44.9 Å². The molecule has 2 aromatic carbocycles. The van der Waals surface area contributed by atoms with Crippen LogP contribution in [0.1, 0.15) is 42.4 Å². The number of aryl methyl sites for hydroxylation is 3. The predicted octanol–water partition coefficient (Wildman–Crippen LogP) is 4.06. The molecule has 116 valence electrons. The van der Waals surface area contributed by atoms with E-state index in [-0.39, 0.29) is 5.91 Å². The number of amides is 1. The van der Waals surface area contributed by atoms with Crippen molar-refractivity contribution in [3.05, 3.63) is 71.3 Å². The van der Waals surface area contributed by atoms with Crippen molar-refractivity contribution in [3.8, 4) is 0 Å². The zero-order chi connectivity index (χ0) is 15.6. The first-order valence-corrected chi connectivity index (χ1v) is 8.14. The highest BCUT2D eigenvalue weighted by molar-refractivity contribution is 5.73. The third-order valence-electron chi connectivity index (χ3n) is 3.94. The highest BCUT2D eigenvalue weighted by atomic mass is 16.1. The molecule has 2 N–H and O–H groups in total. The molecule has 1 amide bonds. The van der Waals surface area contributed by atoms with Gasteiger partial charge in [0, 0.05) is 6.42 Å². The van der Waals surface area contributed by atoms with E-state index in [4.69, 9.17) is 5.73 Å². The quantitative estimate of drug-likeness (QED) is 0.696. The third kappa shape index (κ3) is 6.13. The largest absolute Gasteiger partial charge is 0.370 e. The number of benzene rings is 2. The van der Waals surface area contributed by atoms with Crippen molar-refractivity contribution >= 4 is 5.91 Å². The van der Waals surface area contributed by atoms with E-state index in [0.717, 1.165) is 25.7 Å². The first kappa shape index (κ1) is 16.3. The summed E-state index contributed by atoms with van der Waals surface area (Å²) in [4.78, 5) is 10.7. The van der Waals surface area contributed by atoms with E-state index in [1.54, 1.807) is 0 Å². The van der Waals surface area contributed by atoms with Crippen LogP contribution in [-0.4, -0.2) is 5.91 Å². The minimum absolute atomic E-state index is 0.213. The second-order valence-electron chi connectivity index (χ2n) is 5.83. The van der Waals surface area contributed by atoms with Gasteiger partial charge >= 0.3 is 0 Å². The number of primary amides is 1. The fraction of sp³-hybridized carbons (Fsp3) is 0.350. The minimum atomic E-state index is -0.213. The fourth-order valence-electron chi connectivity index (χ4n) is 2.64. The Kier molecular flexibility index (Phi) is 6.69. The number of hydrogen-bond donors (Lipinski definition) is 1. The first-order chi connectivity index (χ1) is 10.7. The van der Waals surface area contributed by atoms with E-state index in [2.05, 4.69) is 54.6 Å². The summed E-state index contributed by atoms with van der Waals surface area (Å²) in [6.45, 7) is 0. The van der Waals surface area contributed by atoms with E-state index in [0.29, 0.717) is 6.42 Å². The van der Waals surface area contributed by atoms with Crippen LogP contribution in [-0.2, 0) is 24.1 Å². The number of rotatable bonds is 9. The molecule has 0 saturated heterocycles. The van der Waals surface area contributed by atoms with Gasteiger partial charge in [0.15, 0.2) is 0 Å². The Labute approximate surface area is 133 Å². The van der Waals surface area contributed by atoms with Crippen LogP contribution in [0.4, 0.5) is 0 Å². The van der Waals surface area contributed by atoms with Crippen molar-refractivity contribution in [1.29, 1.82) is 0 Å². The molecule has 0 aromatic heterocycles. The topological polar surface area (TPSA) is 43.1 Å². The summed E-state index contributed by atoms with van der Waals surface area (Å²) in [5.74, 6) is -0.213. The molecule has 0 aliphatic rings. The summed E-state index contributed by atoms with van der Waals surface area (Å²) < 4.78 is 0. The van der Waals surface area contributed by atoms with Crippen LogP contribution < -0.4 is 5.73 Å². The molecule has 2 rings (SSSR count). The number of carbonyl (C=O) groups excluding carboxylic acids is 1. The highest BCUT2D eigenvalue weighted by Crippen LogP contribution is 2.12. The van der Waals surface area contributed by atoms with Crippen molar-refractivity contribution in [2.24, 2.45) is 5.73 Å². The Morgan fingerprint density at radius 3 is 1.64 bits per heavy atom. The average molecular weight is 295 g/mol. The van der Waals surface area contributed by atoms with Crippen molar-refractivity contribution < 1.29 is 4.79 Å². The first-order valence-electron chi connectivity index (χ1n) is 8.14. The summed E-state index contributed by atoms with van der Waals surface area (Å²) in [5, 5.41) is 0. The van der Waals surface area contributed by atoms with Gasteiger partial charge in [0.25, 0.3) is 0 Å². The Balaban J connectivity index is 1.67. The van der Waals surface area contributed by atoms with E-state index in [1.807, 2.05) is 0 Å². The summed E-state index contributed by atoms with van der Waals surface area (Å²) >= 11 is 0. The Morgan fingerprint density at radius 2 is 1.14 bits per heavy atom. The monoisotopic (exact) mass is 295 g/mol. The number of carbonyl (C=O) groups is 1. The number of unbranched alkanes of at least 4 members (excludes halogenated alkanes) is 1. The maximum Gasteiger partial charge on any atom is 0.217 e. The smallest absolute Gasteiger partial charge is 0.217 e. The van der Waals surface area contributed by atoms with E-state index in [9.17, 15) is 4.79 Å². The minimum Gasteiger partial charge on any atom is -0.370 e. The maximum absolute atomic E-state index is 10.7. The molecule has 0 atom stereocenters. The molecule has 0 saturated carbocycles. The summed E-state index contributed by atoms with van der Waals surface area (Å²) in [5.41, 5.74) is 9.26. The van der Waals surface area contributed by atoms with Gasteiger partial charge in [-0.15, -0.1) is 0 Å². The third-order valence-corrected chi connectivity index (χ3v) is 3.94. The number of nitrogens with two attached hydrogens (primary N) is 1. The van der Waals surface area contributed by atoms with Crippen LogP contribution in [0.2, 0.25) is 0 Å². The molecular weight excluding hydrogens is 270 g/mol. The van der Waals surface area contributed by atoms with Crippen LogP contribution in [0.3, 0.4) is 0 Å². The molecule has 2 heteroatoms. The van der Waals surface area contributed by atoms with Crippen LogP contribution in [0, 0.1) is 0 Å². The van der Waals surface area contributed by atoms with Gasteiger partial charge in [0.05, 0.1) is 0 Å². The average Bonchev–Trinajstić information content (AvgIpc) is 2.54. The lowest BCUT2D eigenvalue weighted by Gasteiger charge is -2.05. The van der Waals surface area contributed by atoms with Crippen LogP contribution in [0.25, 0.3) is 0 Å². The molecule has 0 unspecified atom stereocenters. The molecule has 0 aliphatic carbocycles. The van der Waals surface area contributed by atoms with E-state index >= 15 is 0 Å². The second-order valence-corrected chi connectivity index (χ2v) is 5.83. The lowest BCUT2D eigenvalue weighted by Crippen LogP contribution is -2.10. The van der Waals surface area contributed by atoms with Gasteiger partial charge in [-0.05, 0) is 55.2 Å². The zero-order valence-corrected chi connectivity index (χ0v) is 13.1. The maximum atomic E-state index is 10.7. The molecule has 0 bridgehead atoms. The summed E-state index contributed by atoms with van der Waals surface area (Å²) in [6.07, 6.45) is 6.98. The lowest BCUT2D eigenvalue weighted by molar-refractivity contribution is -0.118. The molecule has 2 nitrogen and oxygen atoms in total. The molecule has 0 spiro atoms. The highest BCUT2D eigenvalue weighted by Gasteiger charge is 1.99. The van der Waals surface area contributed by atoms with Gasteiger partial charge in [0.1, 0.15) is 0 Å². The normalized spacial score (nSPS) is 10.5. The van der Waals surface area contributed by atoms with Gasteiger partial charge in [-0.25, -0.2) is 0 Å². The van der Waals surface area contributed by atoms with Crippen molar-refractivity contribution in [3.63, 3.8) is 0 Å². The SMILES string of the molecule is NC(=O)CCCc1ccc(CCCCc2ccccc2)cc1. The molecule has 0 heterocycles. The molecule has 0 fully saturated rings. The van der Waals surface area contributed by atoms with Crippen molar-refractivity contribution in [1.82, 2.24) is 0 Å². The summed E-state index contributed by atoms with van der Waals surface area (Å²) in [7, 11) is 0. The van der Waals surface area contributed by atoms with Gasteiger partial charge in [0.2, 0.25) is 5.91 Å². The fourth-order valence-corrected chi connectivity index (χ4v) is 2.64. The Bertz CT molecular complexity index is 560. The second kappa shape index (κ2) is 9.04. The summed E-state index contributed by atoms with van der Waals surface area (Å²) in [6, 6.07) is 19.4. The van der Waals surface area contributed by atoms with Gasteiger partial charge in [-0.2, -0.15) is 0 Å². The number of hydrogen-bond acceptors (Lipinski definition) is 1. The van der Waals surface area contributed by atoms with Crippen LogP contribution in [0.15, 0.2) is 54.6 Å². The molecule has 0 aliphatic heterocycles. The van der Waals surface area contributed by atoms with Crippen LogP contribution >= 0.6 is 0 Å². The van der Waals surface area contributed by atoms with E-state index in [1.165, 1.54) is 29.5 Å². The van der Waals surface area contributed by atoms with Crippen LogP contribution in [0.5, 0.6) is 0 Å². The van der Waals surface area contributed by atoms with Gasteiger partial charge in [-0.1, -0.05) is 54.6 Å². The van der Waals surface area contributed by atoms with Crippen molar-refractivity contribution in [2.75, 3.05) is 0 Å². The molecule has 2 aromatic rings. The molecule has 0 radical (unpaired) electrons. The van der Waals surface area contributed by atoms with Gasteiger partial charge in [-0.3, -0.25) is 4.79 Å². The lowest BCUT2D eigenvalue weighted by atomic mass is 10.0. The Hall–Kier alpha value is -2.09. The standard InChI is InChI=1S/C20H25NO/c21-20(22)12-6-11-19-15-13-18(14-16-19)10-5-4-9-17-7-2-1-3-8-17/h1-3,7-8,13-16H,4-6,9-12H2,(H2,21,22). The predicted molar refractivity (Wildman–Crippen MR) is 91.7 cm³/mol. The zero-order valence-electron chi connectivity index (χ0n) is 13.1. The molecule has 22 heavy (non-hydrogen) atoms. The molecular formula is C20H25NO. The Morgan fingerprint density at radius 1 is 0.682 bits per heavy atom.